The number of Topliss-reactive ketones (excluding diaryl/α,β-unsaturated/α-hetero) is 4. The molecule has 0 saturated heterocycles. The maximum atomic E-state index is 13.4. The van der Waals surface area contributed by atoms with Crippen LogP contribution in [-0.2, 0) is 30.3 Å². The van der Waals surface area contributed by atoms with Crippen molar-refractivity contribution in [3.05, 3.63) is 23.3 Å². The van der Waals surface area contributed by atoms with Crippen molar-refractivity contribution in [2.24, 2.45) is 29.4 Å². The average molecular weight is 468 g/mol. The first-order valence-corrected chi connectivity index (χ1v) is 10.4. The van der Waals surface area contributed by atoms with Gasteiger partial charge in [0.25, 0.3) is 0 Å². The van der Waals surface area contributed by atoms with Gasteiger partial charge in [-0.25, -0.2) is 4.79 Å². The summed E-state index contributed by atoms with van der Waals surface area (Å²) in [6.45, 7) is -0.322. The maximum Gasteiger partial charge on any atom is 0.412 e. The standard InChI is InChI=1S/C23H20N2O9/c1-2-5-34-22(32)25-12-4-3-9-6-10-7-11-8-13(26)16(21(24)31)20(30)23(11,33)19(29)15(10)18(28)14(9)17(12)27/h1,3-4,10-11,15-16,27,33H,5-8H2,(H2,24,31)(H,25,32)/t10-,11-,15?,16?,23-/m0/s1. The second kappa shape index (κ2) is 8.07. The predicted octanol–water partition coefficient (Wildman–Crippen LogP) is -0.491. The van der Waals surface area contributed by atoms with Gasteiger partial charge in [-0.1, -0.05) is 12.0 Å². The highest BCUT2D eigenvalue weighted by Crippen LogP contribution is 2.50. The van der Waals surface area contributed by atoms with Crippen LogP contribution in [0.2, 0.25) is 0 Å². The van der Waals surface area contributed by atoms with E-state index in [0.717, 1.165) is 0 Å². The second-order valence-electron chi connectivity index (χ2n) is 8.64. The molecule has 2 saturated carbocycles. The van der Waals surface area contributed by atoms with Gasteiger partial charge in [-0.15, -0.1) is 6.42 Å². The summed E-state index contributed by atoms with van der Waals surface area (Å²) in [5.74, 6) is -9.04. The number of phenols is 1. The van der Waals surface area contributed by atoms with Crippen LogP contribution in [0.4, 0.5) is 10.5 Å². The molecule has 4 rings (SSSR count). The number of nitrogens with two attached hydrogens (primary N) is 1. The smallest absolute Gasteiger partial charge is 0.412 e. The molecular formula is C23H20N2O9. The molecule has 3 aliphatic rings. The molecule has 34 heavy (non-hydrogen) atoms. The highest BCUT2D eigenvalue weighted by Gasteiger charge is 2.66. The Balaban J connectivity index is 1.70. The largest absolute Gasteiger partial charge is 0.505 e. The van der Waals surface area contributed by atoms with Gasteiger partial charge in [0.05, 0.1) is 17.2 Å². The van der Waals surface area contributed by atoms with Crippen LogP contribution in [0.15, 0.2) is 12.1 Å². The van der Waals surface area contributed by atoms with Crippen LogP contribution >= 0.6 is 0 Å². The summed E-state index contributed by atoms with van der Waals surface area (Å²) in [4.78, 5) is 75.3. The first kappa shape index (κ1) is 23.1. The lowest BCUT2D eigenvalue weighted by Gasteiger charge is -2.48. The number of benzene rings is 1. The van der Waals surface area contributed by atoms with Crippen molar-refractivity contribution in [1.82, 2.24) is 0 Å². The van der Waals surface area contributed by atoms with Gasteiger partial charge in [0.2, 0.25) is 5.91 Å². The van der Waals surface area contributed by atoms with E-state index in [1.807, 2.05) is 0 Å². The van der Waals surface area contributed by atoms with E-state index in [2.05, 4.69) is 16.0 Å². The van der Waals surface area contributed by atoms with E-state index in [9.17, 15) is 39.0 Å². The number of rotatable bonds is 3. The first-order chi connectivity index (χ1) is 16.0. The molecule has 0 aliphatic heterocycles. The number of ketones is 4. The molecule has 5 N–H and O–H groups in total. The minimum absolute atomic E-state index is 0.000225. The highest BCUT2D eigenvalue weighted by molar-refractivity contribution is 6.31. The monoisotopic (exact) mass is 468 g/mol. The van der Waals surface area contributed by atoms with Gasteiger partial charge < -0.3 is 20.7 Å². The summed E-state index contributed by atoms with van der Waals surface area (Å²) in [5.41, 5.74) is 2.42. The number of ether oxygens (including phenoxy) is 1. The summed E-state index contributed by atoms with van der Waals surface area (Å²) < 4.78 is 4.67. The molecular weight excluding hydrogens is 448 g/mol. The number of carbonyl (C=O) groups excluding carboxylic acids is 6. The molecule has 5 atom stereocenters. The fourth-order valence-electron chi connectivity index (χ4n) is 5.30. The Morgan fingerprint density at radius 2 is 1.91 bits per heavy atom. The predicted molar refractivity (Wildman–Crippen MR) is 112 cm³/mol. The summed E-state index contributed by atoms with van der Waals surface area (Å²) in [7, 11) is 0. The molecule has 0 radical (unpaired) electrons. The molecule has 11 heteroatoms. The molecule has 0 spiro atoms. The molecule has 176 valence electrons. The molecule has 11 nitrogen and oxygen atoms in total. The van der Waals surface area contributed by atoms with Crippen molar-refractivity contribution in [2.45, 2.75) is 24.9 Å². The number of anilines is 1. The Bertz CT molecular complexity index is 1210. The van der Waals surface area contributed by atoms with Gasteiger partial charge in [-0.05, 0) is 30.4 Å². The number of terminal acetylenes is 1. The van der Waals surface area contributed by atoms with E-state index in [-0.39, 0.29) is 30.7 Å². The fraction of sp³-hybridized carbons (Fsp3) is 0.391. The first-order valence-electron chi connectivity index (χ1n) is 10.4. The molecule has 3 aliphatic carbocycles. The van der Waals surface area contributed by atoms with E-state index in [1.165, 1.54) is 12.1 Å². The number of carbonyl (C=O) groups is 6. The second-order valence-corrected chi connectivity index (χ2v) is 8.64. The molecule has 0 aromatic heterocycles. The molecule has 1 aromatic carbocycles. The molecule has 1 aromatic rings. The van der Waals surface area contributed by atoms with Crippen LogP contribution in [0.1, 0.15) is 28.8 Å². The normalized spacial score (nSPS) is 29.9. The number of aliphatic hydroxyl groups is 1. The van der Waals surface area contributed by atoms with Crippen LogP contribution in [0, 0.1) is 36.0 Å². The molecule has 0 heterocycles. The lowest BCUT2D eigenvalue weighted by Crippen LogP contribution is -2.68. The Labute approximate surface area is 192 Å². The third-order valence-electron chi connectivity index (χ3n) is 6.80. The number of hydrogen-bond donors (Lipinski definition) is 4. The van der Waals surface area contributed by atoms with Gasteiger partial charge in [0.15, 0.2) is 41.3 Å². The zero-order valence-corrected chi connectivity index (χ0v) is 17.7. The lowest BCUT2D eigenvalue weighted by atomic mass is 9.54. The average Bonchev–Trinajstić information content (AvgIpc) is 2.76. The zero-order valence-electron chi connectivity index (χ0n) is 17.7. The summed E-state index contributed by atoms with van der Waals surface area (Å²) in [6.07, 6.45) is 3.78. The number of hydrogen-bond acceptors (Lipinski definition) is 9. The van der Waals surface area contributed by atoms with Crippen LogP contribution in [0.5, 0.6) is 5.75 Å². The third kappa shape index (κ3) is 3.26. The maximum absolute atomic E-state index is 13.4. The lowest BCUT2D eigenvalue weighted by molar-refractivity contribution is -0.175. The Hall–Kier alpha value is -4.04. The van der Waals surface area contributed by atoms with E-state index in [4.69, 9.17) is 12.2 Å². The summed E-state index contributed by atoms with van der Waals surface area (Å²) in [5, 5.41) is 24.1. The van der Waals surface area contributed by atoms with Gasteiger partial charge in [-0.3, -0.25) is 29.3 Å². The number of aromatic hydroxyl groups is 1. The van der Waals surface area contributed by atoms with E-state index < -0.39 is 76.6 Å². The van der Waals surface area contributed by atoms with Gasteiger partial charge in [-0.2, -0.15) is 0 Å². The van der Waals surface area contributed by atoms with Crippen molar-refractivity contribution >= 4 is 40.8 Å². The van der Waals surface area contributed by atoms with Crippen molar-refractivity contribution in [2.75, 3.05) is 11.9 Å². The van der Waals surface area contributed by atoms with Crippen LogP contribution in [0.3, 0.4) is 0 Å². The van der Waals surface area contributed by atoms with Gasteiger partial charge in [0.1, 0.15) is 5.75 Å². The SMILES string of the molecule is C#CCOC(=O)Nc1ccc2c(c1O)C(=O)C1C(=O)[C@]3(O)C(=O)C(C(N)=O)C(=O)C[C@@H]3C[C@@H]1C2. The molecule has 2 unspecified atom stereocenters. The number of amides is 2. The number of primary amides is 1. The van der Waals surface area contributed by atoms with Crippen molar-refractivity contribution in [3.8, 4) is 18.1 Å². The molecule has 2 amide bonds. The Morgan fingerprint density at radius 3 is 2.56 bits per heavy atom. The number of fused-ring (bicyclic) bond motifs is 3. The Morgan fingerprint density at radius 1 is 1.21 bits per heavy atom. The van der Waals surface area contributed by atoms with E-state index in [0.29, 0.717) is 5.56 Å². The minimum atomic E-state index is -2.72. The summed E-state index contributed by atoms with van der Waals surface area (Å²) in [6, 6.07) is 2.84. The van der Waals surface area contributed by atoms with Gasteiger partial charge in [0, 0.05) is 12.3 Å². The van der Waals surface area contributed by atoms with Gasteiger partial charge >= 0.3 is 6.09 Å². The van der Waals surface area contributed by atoms with Crippen molar-refractivity contribution < 1.29 is 43.7 Å². The minimum Gasteiger partial charge on any atom is -0.505 e. The number of phenolic OH excluding ortho intramolecular Hbond substituents is 1. The fourth-order valence-corrected chi connectivity index (χ4v) is 5.30. The highest BCUT2D eigenvalue weighted by atomic mass is 16.5. The van der Waals surface area contributed by atoms with Crippen molar-refractivity contribution in [1.29, 1.82) is 0 Å². The number of nitrogens with one attached hydrogen (secondary N) is 1. The third-order valence-corrected chi connectivity index (χ3v) is 6.80. The topological polar surface area (TPSA) is 190 Å². The van der Waals surface area contributed by atoms with Crippen LogP contribution in [-0.4, -0.2) is 57.6 Å². The van der Waals surface area contributed by atoms with Crippen LogP contribution < -0.4 is 11.1 Å². The molecule has 0 bridgehead atoms. The van der Waals surface area contributed by atoms with Crippen molar-refractivity contribution in [3.63, 3.8) is 0 Å². The van der Waals surface area contributed by atoms with E-state index in [1.54, 1.807) is 0 Å². The van der Waals surface area contributed by atoms with E-state index >= 15 is 0 Å². The zero-order chi connectivity index (χ0) is 24.9. The van der Waals surface area contributed by atoms with Crippen LogP contribution in [0.25, 0.3) is 0 Å². The summed E-state index contributed by atoms with van der Waals surface area (Å²) >= 11 is 0. The molecule has 2 fully saturated rings. The Kier molecular flexibility index (Phi) is 5.49. The quantitative estimate of drug-likeness (QED) is 0.257.